The van der Waals surface area contributed by atoms with E-state index in [4.69, 9.17) is 14.5 Å². The number of benzene rings is 1. The predicted molar refractivity (Wildman–Crippen MR) is 130 cm³/mol. The van der Waals surface area contributed by atoms with Crippen molar-refractivity contribution in [3.05, 3.63) is 41.5 Å². The Balaban J connectivity index is 1.50. The summed E-state index contributed by atoms with van der Waals surface area (Å²) in [4.78, 5) is 8.39. The average molecular weight is 464 g/mol. The Morgan fingerprint density at radius 3 is 2.67 bits per heavy atom. The van der Waals surface area contributed by atoms with Crippen molar-refractivity contribution >= 4 is 49.1 Å². The molecular formula is C23H25N7O2S. The minimum absolute atomic E-state index is 0.256. The number of rotatable bonds is 4. The second kappa shape index (κ2) is 8.05. The third-order valence-corrected chi connectivity index (χ3v) is 7.21. The van der Waals surface area contributed by atoms with Gasteiger partial charge < -0.3 is 14.4 Å². The fraction of sp³-hybridized carbons (Fsp3) is 0.391. The maximum atomic E-state index is 6.21. The summed E-state index contributed by atoms with van der Waals surface area (Å²) in [7, 11) is 0. The monoisotopic (exact) mass is 463 g/mol. The third kappa shape index (κ3) is 3.73. The molecule has 10 heteroatoms. The zero-order chi connectivity index (χ0) is 22.4. The van der Waals surface area contributed by atoms with Crippen LogP contribution in [0.4, 0.5) is 17.3 Å². The van der Waals surface area contributed by atoms with Gasteiger partial charge in [-0.25, -0.2) is 4.98 Å². The summed E-state index contributed by atoms with van der Waals surface area (Å²) in [6, 6.07) is 9.90. The molecule has 5 heterocycles. The van der Waals surface area contributed by atoms with Crippen molar-refractivity contribution in [2.75, 3.05) is 42.1 Å². The molecule has 170 valence electrons. The normalized spacial score (nSPS) is 17.8. The van der Waals surface area contributed by atoms with E-state index in [1.807, 2.05) is 30.3 Å². The van der Waals surface area contributed by atoms with Crippen LogP contribution < -0.4 is 15.8 Å². The summed E-state index contributed by atoms with van der Waals surface area (Å²) >= 11 is 1.60. The Morgan fingerprint density at radius 1 is 1.03 bits per heavy atom. The van der Waals surface area contributed by atoms with Crippen LogP contribution in [0.3, 0.4) is 0 Å². The number of pyridine rings is 1. The number of fused-ring (bicyclic) bond motifs is 5. The number of hydrogen-bond acceptors (Lipinski definition) is 10. The van der Waals surface area contributed by atoms with Gasteiger partial charge in [0.25, 0.3) is 0 Å². The number of anilines is 3. The molecule has 0 amide bonds. The molecule has 9 nitrogen and oxygen atoms in total. The van der Waals surface area contributed by atoms with E-state index in [0.29, 0.717) is 25.6 Å². The van der Waals surface area contributed by atoms with Gasteiger partial charge in [0.1, 0.15) is 20.9 Å². The number of hydrazine groups is 1. The summed E-state index contributed by atoms with van der Waals surface area (Å²) < 4.78 is 12.7. The minimum atomic E-state index is -0.256. The van der Waals surface area contributed by atoms with Crippen LogP contribution in [0.5, 0.6) is 0 Å². The molecule has 1 aromatic carbocycles. The molecule has 33 heavy (non-hydrogen) atoms. The van der Waals surface area contributed by atoms with Crippen LogP contribution in [0.1, 0.15) is 25.0 Å². The fourth-order valence-corrected chi connectivity index (χ4v) is 5.56. The number of nitrogens with zero attached hydrogens (tertiary/aromatic N) is 5. The van der Waals surface area contributed by atoms with Gasteiger partial charge in [-0.2, -0.15) is 0 Å². The Morgan fingerprint density at radius 2 is 1.85 bits per heavy atom. The Hall–Kier alpha value is -3.08. The lowest BCUT2D eigenvalue weighted by Gasteiger charge is -2.36. The van der Waals surface area contributed by atoms with Crippen molar-refractivity contribution in [2.45, 2.75) is 32.5 Å². The third-order valence-electron chi connectivity index (χ3n) is 6.13. The van der Waals surface area contributed by atoms with Gasteiger partial charge in [0, 0.05) is 30.5 Å². The van der Waals surface area contributed by atoms with Crippen molar-refractivity contribution in [3.63, 3.8) is 0 Å². The highest BCUT2D eigenvalue weighted by Gasteiger charge is 2.33. The largest absolute Gasteiger partial charge is 0.378 e. The number of aromatic nitrogens is 4. The zero-order valence-corrected chi connectivity index (χ0v) is 19.4. The van der Waals surface area contributed by atoms with E-state index in [1.165, 1.54) is 5.56 Å². The van der Waals surface area contributed by atoms with E-state index in [0.717, 1.165) is 57.0 Å². The van der Waals surface area contributed by atoms with Crippen LogP contribution >= 0.6 is 11.3 Å². The van der Waals surface area contributed by atoms with E-state index in [1.54, 1.807) is 11.3 Å². The van der Waals surface area contributed by atoms with Gasteiger partial charge in [0.2, 0.25) is 0 Å². The smallest absolute Gasteiger partial charge is 0.188 e. The van der Waals surface area contributed by atoms with E-state index in [2.05, 4.69) is 45.0 Å². The van der Waals surface area contributed by atoms with Crippen molar-refractivity contribution in [1.29, 1.82) is 0 Å². The molecule has 1 saturated heterocycles. The van der Waals surface area contributed by atoms with Crippen LogP contribution in [0, 0.1) is 0 Å². The first-order chi connectivity index (χ1) is 16.1. The van der Waals surface area contributed by atoms with Crippen molar-refractivity contribution in [1.82, 2.24) is 20.4 Å². The molecule has 4 aromatic rings. The highest BCUT2D eigenvalue weighted by atomic mass is 32.1. The Bertz CT molecular complexity index is 1320. The van der Waals surface area contributed by atoms with E-state index >= 15 is 0 Å². The van der Waals surface area contributed by atoms with Gasteiger partial charge in [-0.05, 0) is 36.8 Å². The lowest BCUT2D eigenvalue weighted by molar-refractivity contribution is -0.0396. The van der Waals surface area contributed by atoms with Gasteiger partial charge in [0.05, 0.1) is 31.1 Å². The summed E-state index contributed by atoms with van der Waals surface area (Å²) in [5, 5.41) is 13.8. The van der Waals surface area contributed by atoms with Crippen molar-refractivity contribution < 1.29 is 9.47 Å². The lowest BCUT2D eigenvalue weighted by atomic mass is 9.90. The quantitative estimate of drug-likeness (QED) is 0.438. The van der Waals surface area contributed by atoms with Crippen LogP contribution in [-0.2, 0) is 22.5 Å². The lowest BCUT2D eigenvalue weighted by Crippen LogP contribution is -2.39. The van der Waals surface area contributed by atoms with Gasteiger partial charge in [-0.15, -0.1) is 21.5 Å². The number of morpholine rings is 1. The number of para-hydroxylation sites is 1. The minimum Gasteiger partial charge on any atom is -0.378 e. The first-order valence-electron chi connectivity index (χ1n) is 11.1. The Kier molecular flexibility index (Phi) is 5.01. The molecule has 6 rings (SSSR count). The number of ether oxygens (including phenoxy) is 2. The molecule has 0 unspecified atom stereocenters. The standard InChI is InChI=1S/C23H25N7O2S/c1-23(2)12-15-16(13-32-23)21(30-8-10-31-11-9-30)24-22-17(15)18-19(33-22)20(28-29-26-18)27-25-14-6-4-3-5-7-14/h3-7,25H,8-13H2,1-2H3,(H,26,27,28). The van der Waals surface area contributed by atoms with Crippen LogP contribution in [0.25, 0.3) is 20.4 Å². The molecule has 0 spiro atoms. The molecule has 1 fully saturated rings. The molecule has 2 aliphatic heterocycles. The van der Waals surface area contributed by atoms with E-state index < -0.39 is 0 Å². The van der Waals surface area contributed by atoms with Crippen molar-refractivity contribution in [2.24, 2.45) is 0 Å². The van der Waals surface area contributed by atoms with Gasteiger partial charge in [-0.1, -0.05) is 18.2 Å². The summed E-state index contributed by atoms with van der Waals surface area (Å²) in [6.45, 7) is 7.88. The first-order valence-corrected chi connectivity index (χ1v) is 11.9. The molecule has 0 aliphatic carbocycles. The topological polar surface area (TPSA) is 97.3 Å². The summed E-state index contributed by atoms with van der Waals surface area (Å²) in [6.07, 6.45) is 0.791. The van der Waals surface area contributed by atoms with Crippen LogP contribution in [0.2, 0.25) is 0 Å². The molecule has 0 radical (unpaired) electrons. The summed E-state index contributed by atoms with van der Waals surface area (Å²) in [5.41, 5.74) is 10.3. The molecule has 3 aromatic heterocycles. The number of thiophene rings is 1. The zero-order valence-electron chi connectivity index (χ0n) is 18.6. The highest BCUT2D eigenvalue weighted by molar-refractivity contribution is 7.26. The fourth-order valence-electron chi connectivity index (χ4n) is 4.49. The van der Waals surface area contributed by atoms with Crippen LogP contribution in [-0.4, -0.2) is 52.3 Å². The molecule has 2 N–H and O–H groups in total. The molecule has 0 bridgehead atoms. The maximum absolute atomic E-state index is 6.21. The number of hydrogen-bond donors (Lipinski definition) is 2. The Labute approximate surface area is 195 Å². The predicted octanol–water partition coefficient (Wildman–Crippen LogP) is 3.76. The second-order valence-electron chi connectivity index (χ2n) is 8.93. The maximum Gasteiger partial charge on any atom is 0.188 e. The van der Waals surface area contributed by atoms with Crippen molar-refractivity contribution in [3.8, 4) is 0 Å². The highest BCUT2D eigenvalue weighted by Crippen LogP contribution is 2.43. The summed E-state index contributed by atoms with van der Waals surface area (Å²) in [5.74, 6) is 1.64. The van der Waals surface area contributed by atoms with E-state index in [-0.39, 0.29) is 5.60 Å². The van der Waals surface area contributed by atoms with E-state index in [9.17, 15) is 0 Å². The number of nitrogens with one attached hydrogen (secondary N) is 2. The average Bonchev–Trinajstić information content (AvgIpc) is 3.22. The molecule has 0 saturated carbocycles. The molecular weight excluding hydrogens is 438 g/mol. The van der Waals surface area contributed by atoms with Gasteiger partial charge >= 0.3 is 0 Å². The molecule has 2 aliphatic rings. The first kappa shape index (κ1) is 20.5. The SMILES string of the molecule is CC1(C)Cc2c(c(N3CCOCC3)nc3sc4c(NNc5ccccc5)nnnc4c23)CO1. The van der Waals surface area contributed by atoms with Crippen LogP contribution in [0.15, 0.2) is 30.3 Å². The second-order valence-corrected chi connectivity index (χ2v) is 9.93. The van der Waals surface area contributed by atoms with Gasteiger partial charge in [-0.3, -0.25) is 10.9 Å². The molecule has 0 atom stereocenters. The van der Waals surface area contributed by atoms with Gasteiger partial charge in [0.15, 0.2) is 5.82 Å².